The van der Waals surface area contributed by atoms with Crippen molar-refractivity contribution in [3.63, 3.8) is 0 Å². The standard InChI is InChI=1S/C20H25FN4O3/c1-4-18-23-24(12-19(26)22-8-5-9-28-13(2)3)20(27)17-11-14-10-15(21)6-7-16(14)25(17)18/h6-7,10-11,13H,4-5,8-9,12H2,1-3H3,(H,22,26). The molecular formula is C20H25FN4O3. The van der Waals surface area contributed by atoms with Crippen molar-refractivity contribution in [2.75, 3.05) is 13.2 Å². The summed E-state index contributed by atoms with van der Waals surface area (Å²) >= 11 is 0. The molecule has 0 aliphatic heterocycles. The van der Waals surface area contributed by atoms with Gasteiger partial charge in [0.1, 0.15) is 23.7 Å². The number of amides is 1. The minimum absolute atomic E-state index is 0.156. The third-order valence-corrected chi connectivity index (χ3v) is 4.42. The fourth-order valence-electron chi connectivity index (χ4n) is 3.13. The van der Waals surface area contributed by atoms with E-state index in [-0.39, 0.29) is 29.9 Å². The molecule has 1 aromatic carbocycles. The first kappa shape index (κ1) is 20.0. The number of ether oxygens (including phenoxy) is 1. The van der Waals surface area contributed by atoms with Crippen LogP contribution in [0.15, 0.2) is 29.1 Å². The maximum atomic E-state index is 13.5. The number of rotatable bonds is 8. The van der Waals surface area contributed by atoms with E-state index in [4.69, 9.17) is 4.74 Å². The summed E-state index contributed by atoms with van der Waals surface area (Å²) in [6.07, 6.45) is 1.41. The van der Waals surface area contributed by atoms with Crippen molar-refractivity contribution in [2.24, 2.45) is 0 Å². The van der Waals surface area contributed by atoms with Crippen LogP contribution in [-0.4, -0.2) is 39.3 Å². The highest BCUT2D eigenvalue weighted by atomic mass is 19.1. The van der Waals surface area contributed by atoms with Gasteiger partial charge in [0.05, 0.1) is 11.6 Å². The lowest BCUT2D eigenvalue weighted by Gasteiger charge is -2.11. The van der Waals surface area contributed by atoms with Gasteiger partial charge < -0.3 is 10.1 Å². The van der Waals surface area contributed by atoms with E-state index in [9.17, 15) is 14.0 Å². The second-order valence-electron chi connectivity index (χ2n) is 6.92. The number of halogens is 1. The van der Waals surface area contributed by atoms with Crippen molar-refractivity contribution >= 4 is 22.3 Å². The molecule has 0 saturated carbocycles. The van der Waals surface area contributed by atoms with Crippen LogP contribution in [-0.2, 0) is 22.5 Å². The molecule has 0 aliphatic carbocycles. The highest BCUT2D eigenvalue weighted by Gasteiger charge is 2.15. The molecule has 7 nitrogen and oxygen atoms in total. The molecule has 0 atom stereocenters. The smallest absolute Gasteiger partial charge is 0.291 e. The predicted octanol–water partition coefficient (Wildman–Crippen LogP) is 2.28. The van der Waals surface area contributed by atoms with Crippen LogP contribution in [0, 0.1) is 5.82 Å². The van der Waals surface area contributed by atoms with Gasteiger partial charge in [0, 0.05) is 25.0 Å². The summed E-state index contributed by atoms with van der Waals surface area (Å²) < 4.78 is 21.9. The normalized spacial score (nSPS) is 11.6. The number of aromatic nitrogens is 3. The minimum atomic E-state index is -0.382. The number of carbonyl (C=O) groups excluding carboxylic acids is 1. The molecule has 1 amide bonds. The zero-order valence-corrected chi connectivity index (χ0v) is 16.4. The van der Waals surface area contributed by atoms with Crippen LogP contribution >= 0.6 is 0 Å². The zero-order chi connectivity index (χ0) is 20.3. The maximum absolute atomic E-state index is 13.5. The molecule has 0 unspecified atom stereocenters. The summed E-state index contributed by atoms with van der Waals surface area (Å²) in [7, 11) is 0. The van der Waals surface area contributed by atoms with Crippen molar-refractivity contribution in [3.8, 4) is 0 Å². The summed E-state index contributed by atoms with van der Waals surface area (Å²) in [4.78, 5) is 25.0. The largest absolute Gasteiger partial charge is 0.379 e. The molecule has 2 aromatic heterocycles. The highest BCUT2D eigenvalue weighted by Crippen LogP contribution is 2.20. The second-order valence-corrected chi connectivity index (χ2v) is 6.92. The summed E-state index contributed by atoms with van der Waals surface area (Å²) in [5.74, 6) is -0.0161. The van der Waals surface area contributed by atoms with Crippen LogP contribution < -0.4 is 10.9 Å². The van der Waals surface area contributed by atoms with Crippen LogP contribution in [0.4, 0.5) is 4.39 Å². The summed E-state index contributed by atoms with van der Waals surface area (Å²) in [6.45, 7) is 6.70. The molecule has 0 fully saturated rings. The Labute approximate surface area is 162 Å². The second kappa shape index (κ2) is 8.52. The van der Waals surface area contributed by atoms with E-state index >= 15 is 0 Å². The number of benzene rings is 1. The molecule has 0 aliphatic rings. The van der Waals surface area contributed by atoms with E-state index in [1.165, 1.54) is 16.8 Å². The predicted molar refractivity (Wildman–Crippen MR) is 105 cm³/mol. The van der Waals surface area contributed by atoms with Crippen LogP contribution in [0.2, 0.25) is 0 Å². The molecule has 150 valence electrons. The van der Waals surface area contributed by atoms with Gasteiger partial charge >= 0.3 is 0 Å². The van der Waals surface area contributed by atoms with Gasteiger partial charge in [0.2, 0.25) is 5.91 Å². The number of carbonyl (C=O) groups is 1. The van der Waals surface area contributed by atoms with Crippen molar-refractivity contribution in [3.05, 3.63) is 46.3 Å². The van der Waals surface area contributed by atoms with Crippen molar-refractivity contribution in [2.45, 2.75) is 46.3 Å². The number of hydrogen-bond donors (Lipinski definition) is 1. The Morgan fingerprint density at radius 1 is 1.29 bits per heavy atom. The lowest BCUT2D eigenvalue weighted by atomic mass is 10.2. The summed E-state index contributed by atoms with van der Waals surface area (Å²) in [6, 6.07) is 6.02. The Morgan fingerprint density at radius 3 is 2.79 bits per heavy atom. The Kier molecular flexibility index (Phi) is 6.08. The van der Waals surface area contributed by atoms with Gasteiger partial charge in [-0.25, -0.2) is 9.07 Å². The number of fused-ring (bicyclic) bond motifs is 3. The summed E-state index contributed by atoms with van der Waals surface area (Å²) in [5.41, 5.74) is 0.720. The fourth-order valence-corrected chi connectivity index (χ4v) is 3.13. The Morgan fingerprint density at radius 2 is 2.07 bits per heavy atom. The van der Waals surface area contributed by atoms with Crippen LogP contribution in [0.1, 0.15) is 33.0 Å². The third-order valence-electron chi connectivity index (χ3n) is 4.42. The van der Waals surface area contributed by atoms with E-state index in [2.05, 4.69) is 10.4 Å². The van der Waals surface area contributed by atoms with Crippen molar-refractivity contribution in [1.82, 2.24) is 19.5 Å². The Bertz CT molecular complexity index is 1050. The average Bonchev–Trinajstić information content (AvgIpc) is 3.02. The first-order valence-electron chi connectivity index (χ1n) is 9.49. The first-order chi connectivity index (χ1) is 13.4. The van der Waals surface area contributed by atoms with Gasteiger partial charge in [0.15, 0.2) is 0 Å². The highest BCUT2D eigenvalue weighted by molar-refractivity contribution is 5.87. The lowest BCUT2D eigenvalue weighted by molar-refractivity contribution is -0.121. The molecule has 1 N–H and O–H groups in total. The van der Waals surface area contributed by atoms with Gasteiger partial charge in [-0.05, 0) is 44.5 Å². The quantitative estimate of drug-likeness (QED) is 0.601. The van der Waals surface area contributed by atoms with E-state index in [0.717, 1.165) is 5.52 Å². The van der Waals surface area contributed by atoms with E-state index < -0.39 is 0 Å². The molecule has 0 bridgehead atoms. The van der Waals surface area contributed by atoms with Crippen molar-refractivity contribution in [1.29, 1.82) is 0 Å². The van der Waals surface area contributed by atoms with Crippen LogP contribution in [0.5, 0.6) is 0 Å². The fraction of sp³-hybridized carbons (Fsp3) is 0.450. The molecule has 0 spiro atoms. The molecular weight excluding hydrogens is 363 g/mol. The Hall–Kier alpha value is -2.74. The average molecular weight is 388 g/mol. The lowest BCUT2D eigenvalue weighted by Crippen LogP contribution is -2.35. The van der Waals surface area contributed by atoms with Crippen molar-refractivity contribution < 1.29 is 13.9 Å². The van der Waals surface area contributed by atoms with Gasteiger partial charge in [0.25, 0.3) is 5.56 Å². The molecule has 0 radical (unpaired) electrons. The van der Waals surface area contributed by atoms with Gasteiger partial charge in [-0.15, -0.1) is 0 Å². The molecule has 3 aromatic rings. The van der Waals surface area contributed by atoms with Crippen LogP contribution in [0.25, 0.3) is 16.4 Å². The number of nitrogens with zero attached hydrogens (tertiary/aromatic N) is 3. The zero-order valence-electron chi connectivity index (χ0n) is 16.4. The molecule has 28 heavy (non-hydrogen) atoms. The number of aryl methyl sites for hydroxylation is 1. The third kappa shape index (κ3) is 4.22. The van der Waals surface area contributed by atoms with Crippen LogP contribution in [0.3, 0.4) is 0 Å². The van der Waals surface area contributed by atoms with Gasteiger partial charge in [-0.2, -0.15) is 5.10 Å². The van der Waals surface area contributed by atoms with Gasteiger partial charge in [-0.3, -0.25) is 14.0 Å². The minimum Gasteiger partial charge on any atom is -0.379 e. The first-order valence-corrected chi connectivity index (χ1v) is 9.49. The molecule has 2 heterocycles. The molecule has 0 saturated heterocycles. The SMILES string of the molecule is CCc1nn(CC(=O)NCCCOC(C)C)c(=O)c2cc3cc(F)ccc3n12. The maximum Gasteiger partial charge on any atom is 0.291 e. The molecule has 8 heteroatoms. The molecule has 3 rings (SSSR count). The topological polar surface area (TPSA) is 77.6 Å². The number of nitrogens with one attached hydrogen (secondary N) is 1. The van der Waals surface area contributed by atoms with Gasteiger partial charge in [-0.1, -0.05) is 6.92 Å². The monoisotopic (exact) mass is 388 g/mol. The Balaban J connectivity index is 1.82. The summed E-state index contributed by atoms with van der Waals surface area (Å²) in [5, 5.41) is 7.76. The van der Waals surface area contributed by atoms with E-state index in [1.54, 1.807) is 16.5 Å². The van der Waals surface area contributed by atoms with E-state index in [0.29, 0.717) is 42.7 Å². The van der Waals surface area contributed by atoms with E-state index in [1.807, 2.05) is 20.8 Å². The number of hydrogen-bond acceptors (Lipinski definition) is 4.